The lowest BCUT2D eigenvalue weighted by molar-refractivity contribution is -0.120. The lowest BCUT2D eigenvalue weighted by Gasteiger charge is -2.07. The topological polar surface area (TPSA) is 88.2 Å². The van der Waals surface area contributed by atoms with Crippen LogP contribution in [0.2, 0.25) is 0 Å². The highest BCUT2D eigenvalue weighted by atomic mass is 32.2. The van der Waals surface area contributed by atoms with Gasteiger partial charge in [0.05, 0.1) is 5.75 Å². The molecule has 0 bridgehead atoms. The van der Waals surface area contributed by atoms with Crippen LogP contribution in [-0.2, 0) is 21.4 Å². The Bertz CT molecular complexity index is 474. The van der Waals surface area contributed by atoms with Gasteiger partial charge < -0.3 is 5.32 Å². The maximum atomic E-state index is 11.6. The fourth-order valence-corrected chi connectivity index (χ4v) is 2.12. The molecule has 1 heterocycles. The van der Waals surface area contributed by atoms with E-state index >= 15 is 0 Å². The molecule has 0 aromatic carbocycles. The van der Waals surface area contributed by atoms with Crippen molar-refractivity contribution in [3.63, 3.8) is 0 Å². The fraction of sp³-hybridized carbons (Fsp3) is 0.455. The highest BCUT2D eigenvalue weighted by Crippen LogP contribution is 1.96. The van der Waals surface area contributed by atoms with Crippen molar-refractivity contribution in [1.29, 1.82) is 0 Å². The third kappa shape index (κ3) is 5.74. The lowest BCUT2D eigenvalue weighted by Crippen LogP contribution is -2.33. The molecule has 0 saturated heterocycles. The van der Waals surface area contributed by atoms with Gasteiger partial charge in [0.2, 0.25) is 15.9 Å². The molecule has 0 aliphatic heterocycles. The molecule has 1 aromatic rings. The Morgan fingerprint density at radius 2 is 2.22 bits per heavy atom. The number of pyridine rings is 1. The average molecular weight is 271 g/mol. The second kappa shape index (κ2) is 7.07. The lowest BCUT2D eigenvalue weighted by atomic mass is 10.3. The zero-order chi connectivity index (χ0) is 13.4. The maximum absolute atomic E-state index is 11.6. The number of carbonyl (C=O) groups is 1. The summed E-state index contributed by atoms with van der Waals surface area (Å²) in [6.07, 6.45) is 3.57. The summed E-state index contributed by atoms with van der Waals surface area (Å²) in [6.45, 7) is 2.04. The molecule has 0 aliphatic rings. The molecule has 0 atom stereocenters. The normalized spacial score (nSPS) is 11.2. The van der Waals surface area contributed by atoms with Crippen molar-refractivity contribution in [3.05, 3.63) is 30.1 Å². The third-order valence-corrected chi connectivity index (χ3v) is 3.56. The quantitative estimate of drug-likeness (QED) is 0.732. The van der Waals surface area contributed by atoms with Crippen LogP contribution in [0.15, 0.2) is 24.5 Å². The Kier molecular flexibility index (Phi) is 5.73. The summed E-state index contributed by atoms with van der Waals surface area (Å²) < 4.78 is 25.6. The number of aromatic nitrogens is 1. The molecular weight excluding hydrogens is 254 g/mol. The van der Waals surface area contributed by atoms with E-state index in [1.165, 1.54) is 0 Å². The van der Waals surface area contributed by atoms with Crippen molar-refractivity contribution >= 4 is 15.9 Å². The number of nitrogens with zero attached hydrogens (tertiary/aromatic N) is 1. The molecule has 0 radical (unpaired) electrons. The van der Waals surface area contributed by atoms with Gasteiger partial charge in [0, 0.05) is 31.9 Å². The van der Waals surface area contributed by atoms with E-state index in [-0.39, 0.29) is 24.7 Å². The zero-order valence-corrected chi connectivity index (χ0v) is 11.0. The summed E-state index contributed by atoms with van der Waals surface area (Å²) in [5.74, 6) is -0.281. The molecule has 1 rings (SSSR count). The molecule has 0 unspecified atom stereocenters. The van der Waals surface area contributed by atoms with E-state index in [9.17, 15) is 13.2 Å². The first-order valence-electron chi connectivity index (χ1n) is 5.66. The zero-order valence-electron chi connectivity index (χ0n) is 10.2. The van der Waals surface area contributed by atoms with Crippen LogP contribution in [0.5, 0.6) is 0 Å². The van der Waals surface area contributed by atoms with E-state index in [0.717, 1.165) is 5.56 Å². The standard InChI is InChI=1S/C11H17N3O3S/c1-2-11(15)13-6-7-18(16,17)14-9-10-4-3-5-12-8-10/h3-5,8,14H,2,6-7,9H2,1H3,(H,13,15). The molecule has 18 heavy (non-hydrogen) atoms. The number of carbonyl (C=O) groups excluding carboxylic acids is 1. The molecule has 0 spiro atoms. The van der Waals surface area contributed by atoms with Crippen LogP contribution >= 0.6 is 0 Å². The van der Waals surface area contributed by atoms with E-state index < -0.39 is 10.0 Å². The van der Waals surface area contributed by atoms with Gasteiger partial charge in [-0.05, 0) is 11.6 Å². The van der Waals surface area contributed by atoms with Crippen molar-refractivity contribution in [2.45, 2.75) is 19.9 Å². The van der Waals surface area contributed by atoms with Gasteiger partial charge in [-0.2, -0.15) is 0 Å². The highest BCUT2D eigenvalue weighted by Gasteiger charge is 2.10. The highest BCUT2D eigenvalue weighted by molar-refractivity contribution is 7.89. The molecule has 7 heteroatoms. The number of hydrogen-bond donors (Lipinski definition) is 2. The molecule has 6 nitrogen and oxygen atoms in total. The second-order valence-corrected chi connectivity index (χ2v) is 5.63. The fourth-order valence-electron chi connectivity index (χ4n) is 1.22. The number of sulfonamides is 1. The van der Waals surface area contributed by atoms with Crippen LogP contribution in [0.1, 0.15) is 18.9 Å². The van der Waals surface area contributed by atoms with Crippen LogP contribution in [0.25, 0.3) is 0 Å². The SMILES string of the molecule is CCC(=O)NCCS(=O)(=O)NCc1cccnc1. The minimum absolute atomic E-state index is 0.120. The monoisotopic (exact) mass is 271 g/mol. The first-order valence-corrected chi connectivity index (χ1v) is 7.31. The number of rotatable bonds is 7. The van der Waals surface area contributed by atoms with E-state index in [1.54, 1.807) is 31.5 Å². The van der Waals surface area contributed by atoms with Crippen LogP contribution in [-0.4, -0.2) is 31.6 Å². The van der Waals surface area contributed by atoms with Crippen molar-refractivity contribution in [2.24, 2.45) is 0 Å². The van der Waals surface area contributed by atoms with Crippen LogP contribution in [0.4, 0.5) is 0 Å². The van der Waals surface area contributed by atoms with Crippen molar-refractivity contribution in [3.8, 4) is 0 Å². The second-order valence-electron chi connectivity index (χ2n) is 3.70. The molecule has 1 aromatic heterocycles. The van der Waals surface area contributed by atoms with Crippen molar-refractivity contribution in [1.82, 2.24) is 15.0 Å². The van der Waals surface area contributed by atoms with E-state index in [2.05, 4.69) is 15.0 Å². The molecule has 0 aliphatic carbocycles. The first kappa shape index (κ1) is 14.6. The van der Waals surface area contributed by atoms with Gasteiger partial charge in [-0.1, -0.05) is 13.0 Å². The molecular formula is C11H17N3O3S. The predicted octanol–water partition coefficient (Wildman–Crippen LogP) is 0.0272. The third-order valence-electron chi connectivity index (χ3n) is 2.23. The largest absolute Gasteiger partial charge is 0.355 e. The summed E-state index contributed by atoms with van der Waals surface area (Å²) in [5.41, 5.74) is 0.790. The Balaban J connectivity index is 2.34. The molecule has 0 saturated carbocycles. The van der Waals surface area contributed by atoms with E-state index in [0.29, 0.717) is 6.42 Å². The van der Waals surface area contributed by atoms with Gasteiger partial charge in [0.25, 0.3) is 0 Å². The minimum atomic E-state index is -3.38. The van der Waals surface area contributed by atoms with Crippen LogP contribution in [0, 0.1) is 0 Å². The summed E-state index contributed by atoms with van der Waals surface area (Å²) >= 11 is 0. The summed E-state index contributed by atoms with van der Waals surface area (Å²) in [5, 5.41) is 2.52. The first-order chi connectivity index (χ1) is 8.53. The minimum Gasteiger partial charge on any atom is -0.355 e. The Morgan fingerprint density at radius 3 is 2.83 bits per heavy atom. The summed E-state index contributed by atoms with van der Waals surface area (Å²) in [4.78, 5) is 14.8. The maximum Gasteiger partial charge on any atom is 0.219 e. The molecule has 100 valence electrons. The van der Waals surface area contributed by atoms with Crippen LogP contribution < -0.4 is 10.0 Å². The van der Waals surface area contributed by atoms with Gasteiger partial charge in [0.15, 0.2) is 0 Å². The molecule has 0 fully saturated rings. The number of amides is 1. The van der Waals surface area contributed by atoms with Crippen molar-refractivity contribution < 1.29 is 13.2 Å². The van der Waals surface area contributed by atoms with Gasteiger partial charge in [0.1, 0.15) is 0 Å². The van der Waals surface area contributed by atoms with Crippen molar-refractivity contribution in [2.75, 3.05) is 12.3 Å². The van der Waals surface area contributed by atoms with Gasteiger partial charge in [-0.15, -0.1) is 0 Å². The van der Waals surface area contributed by atoms with Gasteiger partial charge >= 0.3 is 0 Å². The van der Waals surface area contributed by atoms with E-state index in [4.69, 9.17) is 0 Å². The Morgan fingerprint density at radius 1 is 1.44 bits per heavy atom. The Labute approximate surface area is 107 Å². The molecule has 2 N–H and O–H groups in total. The summed E-state index contributed by atoms with van der Waals surface area (Å²) in [7, 11) is -3.38. The molecule has 1 amide bonds. The predicted molar refractivity (Wildman–Crippen MR) is 68.2 cm³/mol. The Hall–Kier alpha value is -1.47. The van der Waals surface area contributed by atoms with Gasteiger partial charge in [-0.3, -0.25) is 9.78 Å². The van der Waals surface area contributed by atoms with Crippen LogP contribution in [0.3, 0.4) is 0 Å². The summed E-state index contributed by atoms with van der Waals surface area (Å²) in [6, 6.07) is 3.53. The van der Waals surface area contributed by atoms with E-state index in [1.807, 2.05) is 0 Å². The van der Waals surface area contributed by atoms with Gasteiger partial charge in [-0.25, -0.2) is 13.1 Å². The smallest absolute Gasteiger partial charge is 0.219 e. The number of nitrogens with one attached hydrogen (secondary N) is 2. The average Bonchev–Trinajstić information content (AvgIpc) is 2.37. The number of hydrogen-bond acceptors (Lipinski definition) is 4.